The lowest BCUT2D eigenvalue weighted by molar-refractivity contribution is -0.130. The van der Waals surface area contributed by atoms with Crippen molar-refractivity contribution < 1.29 is 13.9 Å². The molecule has 1 aromatic carbocycles. The van der Waals surface area contributed by atoms with Gasteiger partial charge in [0, 0.05) is 13.0 Å². The van der Waals surface area contributed by atoms with Gasteiger partial charge in [0.1, 0.15) is 11.9 Å². The van der Waals surface area contributed by atoms with Gasteiger partial charge in [0.15, 0.2) is 5.78 Å². The average Bonchev–Trinajstić information content (AvgIpc) is 2.30. The van der Waals surface area contributed by atoms with E-state index in [1.54, 1.807) is 12.1 Å². The van der Waals surface area contributed by atoms with Gasteiger partial charge in [0.2, 0.25) is 0 Å². The summed E-state index contributed by atoms with van der Waals surface area (Å²) in [6.07, 6.45) is 0.668. The molecule has 0 spiro atoms. The first-order valence-electron chi connectivity index (χ1n) is 5.69. The summed E-state index contributed by atoms with van der Waals surface area (Å²) in [6.45, 7) is 4.24. The van der Waals surface area contributed by atoms with Crippen molar-refractivity contribution in [3.05, 3.63) is 34.1 Å². The Balaban J connectivity index is 2.96. The zero-order valence-electron chi connectivity index (χ0n) is 10.0. The maximum absolute atomic E-state index is 13.1. The second-order valence-electron chi connectivity index (χ2n) is 3.73. The van der Waals surface area contributed by atoms with Crippen LogP contribution in [-0.4, -0.2) is 12.4 Å². The monoisotopic (exact) mass is 302 g/mol. The molecule has 0 bridgehead atoms. The fourth-order valence-electron chi connectivity index (χ4n) is 1.59. The molecule has 1 unspecified atom stereocenters. The van der Waals surface area contributed by atoms with E-state index >= 15 is 0 Å². The van der Waals surface area contributed by atoms with Crippen LogP contribution in [0.5, 0.6) is 0 Å². The van der Waals surface area contributed by atoms with Gasteiger partial charge in [0.25, 0.3) is 0 Å². The Morgan fingerprint density at radius 3 is 2.71 bits per heavy atom. The molecule has 0 heterocycles. The lowest BCUT2D eigenvalue weighted by Gasteiger charge is -2.16. The Kier molecular flexibility index (Phi) is 5.78. The van der Waals surface area contributed by atoms with Gasteiger partial charge >= 0.3 is 0 Å². The van der Waals surface area contributed by atoms with Gasteiger partial charge in [-0.3, -0.25) is 4.79 Å². The number of ether oxygens (including phenoxy) is 1. The van der Waals surface area contributed by atoms with Gasteiger partial charge in [-0.2, -0.15) is 0 Å². The number of hydrogen-bond donors (Lipinski definition) is 0. The molecule has 17 heavy (non-hydrogen) atoms. The molecule has 0 saturated heterocycles. The van der Waals surface area contributed by atoms with Crippen LogP contribution in [0.1, 0.15) is 38.4 Å². The van der Waals surface area contributed by atoms with E-state index in [0.717, 1.165) is 6.42 Å². The highest BCUT2D eigenvalue weighted by atomic mass is 79.9. The van der Waals surface area contributed by atoms with Crippen molar-refractivity contribution in [3.63, 3.8) is 0 Å². The molecule has 0 saturated carbocycles. The highest BCUT2D eigenvalue weighted by molar-refractivity contribution is 9.10. The normalized spacial score (nSPS) is 12.5. The standard InChI is InChI=1S/C13H16BrFO2/c1-3-5-12(16)13(17-4-2)9-6-7-11(15)10(14)8-9/h6-8,13H,3-5H2,1-2H3. The number of carbonyl (C=O) groups is 1. The number of ketones is 1. The maximum atomic E-state index is 13.1. The molecule has 0 radical (unpaired) electrons. The highest BCUT2D eigenvalue weighted by Crippen LogP contribution is 2.25. The Hall–Kier alpha value is -0.740. The third-order valence-electron chi connectivity index (χ3n) is 2.37. The number of benzene rings is 1. The molecule has 94 valence electrons. The molecule has 0 fully saturated rings. The van der Waals surface area contributed by atoms with Crippen LogP contribution in [0, 0.1) is 5.82 Å². The van der Waals surface area contributed by atoms with Crippen LogP contribution in [0.3, 0.4) is 0 Å². The number of Topliss-reactive ketones (excluding diaryl/α,β-unsaturated/α-hetero) is 1. The summed E-state index contributed by atoms with van der Waals surface area (Å²) in [7, 11) is 0. The summed E-state index contributed by atoms with van der Waals surface area (Å²) in [5.74, 6) is -0.306. The Morgan fingerprint density at radius 1 is 1.47 bits per heavy atom. The first-order valence-corrected chi connectivity index (χ1v) is 6.48. The van der Waals surface area contributed by atoms with E-state index in [1.165, 1.54) is 6.07 Å². The molecule has 0 aliphatic heterocycles. The molecule has 1 aromatic rings. The lowest BCUT2D eigenvalue weighted by Crippen LogP contribution is -2.16. The predicted octanol–water partition coefficient (Wildman–Crippen LogP) is 4.04. The number of rotatable bonds is 6. The molecule has 0 N–H and O–H groups in total. The quantitative estimate of drug-likeness (QED) is 0.793. The molecule has 0 aliphatic carbocycles. The molecule has 0 amide bonds. The molecular weight excluding hydrogens is 287 g/mol. The summed E-state index contributed by atoms with van der Waals surface area (Å²) in [4.78, 5) is 11.9. The Labute approximate surface area is 109 Å². The number of halogens is 2. The third-order valence-corrected chi connectivity index (χ3v) is 2.98. The van der Waals surface area contributed by atoms with Crippen LogP contribution >= 0.6 is 15.9 Å². The molecule has 2 nitrogen and oxygen atoms in total. The third kappa shape index (κ3) is 3.89. The van der Waals surface area contributed by atoms with Crippen LogP contribution in [-0.2, 0) is 9.53 Å². The van der Waals surface area contributed by atoms with Crippen molar-refractivity contribution in [2.24, 2.45) is 0 Å². The summed E-state index contributed by atoms with van der Waals surface area (Å²) in [6, 6.07) is 4.53. The molecule has 0 aromatic heterocycles. The van der Waals surface area contributed by atoms with Gasteiger partial charge in [-0.15, -0.1) is 0 Å². The minimum absolute atomic E-state index is 0.0351. The SMILES string of the molecule is CCCC(=O)C(OCC)c1ccc(F)c(Br)c1. The second kappa shape index (κ2) is 6.87. The molecule has 4 heteroatoms. The smallest absolute Gasteiger partial charge is 0.166 e. The van der Waals surface area contributed by atoms with Crippen LogP contribution in [0.25, 0.3) is 0 Å². The van der Waals surface area contributed by atoms with Crippen LogP contribution < -0.4 is 0 Å². The number of carbonyl (C=O) groups excluding carboxylic acids is 1. The van der Waals surface area contributed by atoms with E-state index in [9.17, 15) is 9.18 Å². The summed E-state index contributed by atoms with van der Waals surface area (Å²) in [5, 5.41) is 0. The number of hydrogen-bond acceptors (Lipinski definition) is 2. The van der Waals surface area contributed by atoms with E-state index in [0.29, 0.717) is 23.1 Å². The van der Waals surface area contributed by atoms with Crippen molar-refractivity contribution in [3.8, 4) is 0 Å². The lowest BCUT2D eigenvalue weighted by atomic mass is 10.0. The summed E-state index contributed by atoms with van der Waals surface area (Å²) < 4.78 is 18.9. The predicted molar refractivity (Wildman–Crippen MR) is 68.4 cm³/mol. The zero-order chi connectivity index (χ0) is 12.8. The minimum Gasteiger partial charge on any atom is -0.366 e. The minimum atomic E-state index is -0.586. The van der Waals surface area contributed by atoms with E-state index in [1.807, 2.05) is 13.8 Å². The topological polar surface area (TPSA) is 26.3 Å². The molecule has 0 aliphatic rings. The van der Waals surface area contributed by atoms with Gasteiger partial charge in [0.05, 0.1) is 4.47 Å². The van der Waals surface area contributed by atoms with E-state index in [4.69, 9.17) is 4.74 Å². The fourth-order valence-corrected chi connectivity index (χ4v) is 1.99. The molecule has 1 atom stereocenters. The summed E-state index contributed by atoms with van der Waals surface area (Å²) in [5.41, 5.74) is 0.693. The molecule has 1 rings (SSSR count). The summed E-state index contributed by atoms with van der Waals surface area (Å²) >= 11 is 3.11. The Bertz CT molecular complexity index is 393. The highest BCUT2D eigenvalue weighted by Gasteiger charge is 2.20. The first kappa shape index (κ1) is 14.3. The van der Waals surface area contributed by atoms with Crippen molar-refractivity contribution in [2.45, 2.75) is 32.8 Å². The molecular formula is C13H16BrFO2. The van der Waals surface area contributed by atoms with E-state index < -0.39 is 6.10 Å². The van der Waals surface area contributed by atoms with E-state index in [-0.39, 0.29) is 11.6 Å². The van der Waals surface area contributed by atoms with Crippen molar-refractivity contribution in [2.75, 3.05) is 6.61 Å². The Morgan fingerprint density at radius 2 is 2.18 bits per heavy atom. The van der Waals surface area contributed by atoms with Gasteiger partial charge < -0.3 is 4.74 Å². The fraction of sp³-hybridized carbons (Fsp3) is 0.462. The first-order chi connectivity index (χ1) is 8.10. The second-order valence-corrected chi connectivity index (χ2v) is 4.58. The largest absolute Gasteiger partial charge is 0.366 e. The van der Waals surface area contributed by atoms with Crippen LogP contribution in [0.15, 0.2) is 22.7 Å². The maximum Gasteiger partial charge on any atom is 0.166 e. The van der Waals surface area contributed by atoms with E-state index in [2.05, 4.69) is 15.9 Å². The van der Waals surface area contributed by atoms with Gasteiger partial charge in [-0.1, -0.05) is 13.0 Å². The van der Waals surface area contributed by atoms with Gasteiger partial charge in [-0.05, 0) is 47.0 Å². The van der Waals surface area contributed by atoms with Crippen molar-refractivity contribution in [1.82, 2.24) is 0 Å². The zero-order valence-corrected chi connectivity index (χ0v) is 11.6. The average molecular weight is 303 g/mol. The van der Waals surface area contributed by atoms with Gasteiger partial charge in [-0.25, -0.2) is 4.39 Å². The van der Waals surface area contributed by atoms with Crippen LogP contribution in [0.4, 0.5) is 4.39 Å². The van der Waals surface area contributed by atoms with Crippen LogP contribution in [0.2, 0.25) is 0 Å². The van der Waals surface area contributed by atoms with Crippen molar-refractivity contribution in [1.29, 1.82) is 0 Å². The van der Waals surface area contributed by atoms with Crippen molar-refractivity contribution >= 4 is 21.7 Å².